The molecule has 0 amide bonds. The zero-order valence-corrected chi connectivity index (χ0v) is 13.3. The molecule has 1 aromatic heterocycles. The molecule has 1 aromatic carbocycles. The van der Waals surface area contributed by atoms with Gasteiger partial charge in [0.2, 0.25) is 0 Å². The van der Waals surface area contributed by atoms with Gasteiger partial charge in [-0.25, -0.2) is 0 Å². The molecule has 21 heavy (non-hydrogen) atoms. The van der Waals surface area contributed by atoms with Crippen LogP contribution < -0.4 is 0 Å². The van der Waals surface area contributed by atoms with E-state index in [1.165, 1.54) is 36.1 Å². The molecule has 0 spiro atoms. The van der Waals surface area contributed by atoms with Gasteiger partial charge in [-0.3, -0.25) is 11.2 Å². The first-order valence-electron chi connectivity index (χ1n) is 5.04. The molecule has 8 heteroatoms. The zero-order valence-electron chi connectivity index (χ0n) is 10.1. The number of alkyl halides is 3. The van der Waals surface area contributed by atoms with Gasteiger partial charge in [-0.05, 0) is 5.69 Å². The molecule has 1 heterocycles. The normalized spacial score (nSPS) is 9.81. The Balaban J connectivity index is 0.000000921. The maximum atomic E-state index is 12.6. The number of halogens is 5. The Morgan fingerprint density at radius 1 is 1.14 bits per heavy atom. The fourth-order valence-electron chi connectivity index (χ4n) is 1.29. The van der Waals surface area contributed by atoms with Crippen LogP contribution in [-0.4, -0.2) is 11.8 Å². The topological polar surface area (TPSA) is 30.0 Å². The summed E-state index contributed by atoms with van der Waals surface area (Å²) in [4.78, 5) is 11.4. The van der Waals surface area contributed by atoms with Crippen LogP contribution in [0.4, 0.5) is 17.6 Å². The molecule has 0 aliphatic rings. The fraction of sp³-hybridized carbons (Fsp3) is 0.0769. The monoisotopic (exact) mass is 497 g/mol. The van der Waals surface area contributed by atoms with Gasteiger partial charge in [0.15, 0.2) is 0 Å². The number of rotatable bonds is 1. The van der Waals surface area contributed by atoms with Crippen molar-refractivity contribution in [3.8, 4) is 11.3 Å². The third-order valence-corrected chi connectivity index (χ3v) is 2.14. The van der Waals surface area contributed by atoms with E-state index < -0.39 is 17.6 Å². The van der Waals surface area contributed by atoms with Crippen LogP contribution in [0.25, 0.3) is 11.3 Å². The third kappa shape index (κ3) is 6.33. The Hall–Kier alpha value is -1.30. The van der Waals surface area contributed by atoms with E-state index in [0.717, 1.165) is 18.3 Å². The molecule has 2 rings (SSSR count). The molecule has 0 aliphatic heterocycles. The van der Waals surface area contributed by atoms with Crippen LogP contribution in [-0.2, 0) is 28.9 Å². The second-order valence-electron chi connectivity index (χ2n) is 3.35. The van der Waals surface area contributed by atoms with Crippen LogP contribution in [0.2, 0.25) is 0 Å². The molecule has 2 aromatic rings. The Labute approximate surface area is 133 Å². The van der Waals surface area contributed by atoms with Crippen LogP contribution in [0.3, 0.4) is 0 Å². The van der Waals surface area contributed by atoms with Crippen molar-refractivity contribution in [2.75, 3.05) is 0 Å². The average molecular weight is 497 g/mol. The van der Waals surface area contributed by atoms with Crippen molar-refractivity contribution in [3.05, 3.63) is 54.0 Å². The Morgan fingerprint density at radius 2 is 1.76 bits per heavy atom. The summed E-state index contributed by atoms with van der Waals surface area (Å²) < 4.78 is 49.5. The molecule has 0 radical (unpaired) electrons. The van der Waals surface area contributed by atoms with Crippen LogP contribution in [0.5, 0.6) is 0 Å². The third-order valence-electron chi connectivity index (χ3n) is 2.14. The van der Waals surface area contributed by atoms with Crippen LogP contribution in [0.1, 0.15) is 5.56 Å². The molecule has 0 saturated carbocycles. The number of pyridine rings is 1. The SMILES string of the molecule is Fc1c[c-]c(-c2ccc(C(F)(F)F)cn2)cc1.[CH-]=O.[Cl][Ir+2]. The molecule has 0 bridgehead atoms. The van der Waals surface area contributed by atoms with Gasteiger partial charge in [0.25, 0.3) is 0 Å². The summed E-state index contributed by atoms with van der Waals surface area (Å²) in [7, 11) is 4.64. The predicted octanol–water partition coefficient (Wildman–Crippen LogP) is 4.12. The standard InChI is InChI=1S/C12H6F4N.CHO.ClH.Ir/c13-10-4-1-8(2-5-10)11-6-3-9(7-17-11)12(14,15)16;1-2;;/h1,3-7H;1H;1H;/q2*-1;;+3/p-1. The van der Waals surface area contributed by atoms with E-state index in [1.807, 2.05) is 0 Å². The van der Waals surface area contributed by atoms with Crippen molar-refractivity contribution in [2.45, 2.75) is 6.18 Å². The molecule has 0 aliphatic carbocycles. The van der Waals surface area contributed by atoms with E-state index >= 15 is 0 Å². The molecule has 2 nitrogen and oxygen atoms in total. The van der Waals surface area contributed by atoms with Gasteiger partial charge in [-0.15, -0.1) is 29.8 Å². The van der Waals surface area contributed by atoms with Crippen molar-refractivity contribution in [3.63, 3.8) is 0 Å². The molecular weight excluding hydrogens is 490 g/mol. The van der Waals surface area contributed by atoms with Gasteiger partial charge in [0, 0.05) is 12.0 Å². The van der Waals surface area contributed by atoms with Crippen molar-refractivity contribution in [1.82, 2.24) is 4.98 Å². The molecule has 0 fully saturated rings. The number of carbonyl (C=O) groups excluding carboxylic acids is 1. The number of benzene rings is 1. The predicted molar refractivity (Wildman–Crippen MR) is 66.1 cm³/mol. The number of hydrogen-bond donors (Lipinski definition) is 0. The van der Waals surface area contributed by atoms with Gasteiger partial charge in [-0.2, -0.15) is 13.2 Å². The molecule has 0 saturated heterocycles. The van der Waals surface area contributed by atoms with E-state index in [2.05, 4.69) is 27.4 Å². The summed E-state index contributed by atoms with van der Waals surface area (Å²) in [5.74, 6) is -0.458. The van der Waals surface area contributed by atoms with Crippen molar-refractivity contribution < 1.29 is 40.2 Å². The van der Waals surface area contributed by atoms with Gasteiger partial charge in [-0.1, -0.05) is 12.1 Å². The number of hydrogen-bond acceptors (Lipinski definition) is 2. The second kappa shape index (κ2) is 9.60. The first-order chi connectivity index (χ1) is 9.97. The molecule has 0 atom stereocenters. The summed E-state index contributed by atoms with van der Waals surface area (Å²) >= 11 is 1.47. The van der Waals surface area contributed by atoms with Crippen molar-refractivity contribution >= 4 is 16.4 Å². The number of aromatic nitrogens is 1. The van der Waals surface area contributed by atoms with Gasteiger partial charge in [0.05, 0.1) is 5.56 Å². The zero-order chi connectivity index (χ0) is 16.5. The van der Waals surface area contributed by atoms with E-state index in [-0.39, 0.29) is 0 Å². The minimum absolute atomic E-state index is 0.318. The quantitative estimate of drug-likeness (QED) is 0.338. The van der Waals surface area contributed by atoms with E-state index in [4.69, 9.17) is 4.79 Å². The Morgan fingerprint density at radius 3 is 2.14 bits per heavy atom. The van der Waals surface area contributed by atoms with Crippen LogP contribution in [0, 0.1) is 11.9 Å². The van der Waals surface area contributed by atoms with Crippen molar-refractivity contribution in [1.29, 1.82) is 0 Å². The summed E-state index contributed by atoms with van der Waals surface area (Å²) in [5.41, 5.74) is -0.0542. The summed E-state index contributed by atoms with van der Waals surface area (Å²) in [6.07, 6.45) is -3.66. The molecular formula is C13H7ClF4IrNO. The van der Waals surface area contributed by atoms with Crippen molar-refractivity contribution in [2.24, 2.45) is 0 Å². The average Bonchev–Trinajstić information content (AvgIpc) is 2.51. The Bertz CT molecular complexity index is 531. The summed E-state index contributed by atoms with van der Waals surface area (Å²) in [6, 6.07) is 8.46. The summed E-state index contributed by atoms with van der Waals surface area (Å²) in [6.45, 7) is 3.25. The first kappa shape index (κ1) is 19.7. The Kier molecular flexibility index (Phi) is 9.01. The van der Waals surface area contributed by atoms with Crippen LogP contribution in [0.15, 0.2) is 36.5 Å². The first-order valence-corrected chi connectivity index (χ1v) is 8.00. The second-order valence-corrected chi connectivity index (χ2v) is 3.35. The van der Waals surface area contributed by atoms with E-state index in [9.17, 15) is 17.6 Å². The maximum absolute atomic E-state index is 12.6. The van der Waals surface area contributed by atoms with Gasteiger partial charge >= 0.3 is 33.6 Å². The molecule has 0 unspecified atom stereocenters. The molecule has 114 valence electrons. The summed E-state index contributed by atoms with van der Waals surface area (Å²) in [5, 5.41) is 0. The number of nitrogens with zero attached hydrogens (tertiary/aromatic N) is 1. The molecule has 0 N–H and O–H groups in total. The minimum atomic E-state index is -4.40. The van der Waals surface area contributed by atoms with E-state index in [0.29, 0.717) is 11.3 Å². The van der Waals surface area contributed by atoms with E-state index in [1.54, 1.807) is 0 Å². The van der Waals surface area contributed by atoms with Gasteiger partial charge in [0.1, 0.15) is 0 Å². The fourth-order valence-corrected chi connectivity index (χ4v) is 1.29. The van der Waals surface area contributed by atoms with Crippen LogP contribution >= 0.6 is 9.58 Å². The van der Waals surface area contributed by atoms with Gasteiger partial charge < -0.3 is 9.78 Å².